The summed E-state index contributed by atoms with van der Waals surface area (Å²) in [7, 11) is 1.67. The summed E-state index contributed by atoms with van der Waals surface area (Å²) in [6.07, 6.45) is 10.2. The second-order valence-corrected chi connectivity index (χ2v) is 10.0. The van der Waals surface area contributed by atoms with Crippen molar-refractivity contribution in [3.63, 3.8) is 0 Å². The largest absolute Gasteiger partial charge is 0.493 e. The Kier molecular flexibility index (Phi) is 7.42. The number of carbonyl (C=O) groups is 1. The van der Waals surface area contributed by atoms with Crippen molar-refractivity contribution in [1.29, 1.82) is 0 Å². The maximum atomic E-state index is 13.3. The molecule has 1 atom stereocenters. The molecule has 1 unspecified atom stereocenters. The average Bonchev–Trinajstić information content (AvgIpc) is 3.30. The molecule has 0 aromatic heterocycles. The molecular formula is C26H40N2O3. The van der Waals surface area contributed by atoms with E-state index in [2.05, 4.69) is 23.6 Å². The first-order chi connectivity index (χ1) is 15.0. The number of methoxy groups -OCH3 is 1. The zero-order chi connectivity index (χ0) is 21.8. The predicted octanol–water partition coefficient (Wildman–Crippen LogP) is 4.99. The first-order valence-electron chi connectivity index (χ1n) is 12.4. The quantitative estimate of drug-likeness (QED) is 0.640. The van der Waals surface area contributed by atoms with E-state index in [-0.39, 0.29) is 12.0 Å². The van der Waals surface area contributed by atoms with E-state index in [0.29, 0.717) is 23.5 Å². The molecule has 5 heteroatoms. The van der Waals surface area contributed by atoms with Crippen LogP contribution in [0.1, 0.15) is 75.6 Å². The van der Waals surface area contributed by atoms with E-state index in [1.807, 2.05) is 18.2 Å². The van der Waals surface area contributed by atoms with E-state index in [9.17, 15) is 4.79 Å². The van der Waals surface area contributed by atoms with Gasteiger partial charge in [-0.25, -0.2) is 0 Å². The van der Waals surface area contributed by atoms with Crippen LogP contribution in [-0.2, 0) is 0 Å². The van der Waals surface area contributed by atoms with Crippen molar-refractivity contribution in [1.82, 2.24) is 9.80 Å². The van der Waals surface area contributed by atoms with Gasteiger partial charge in [0.1, 0.15) is 6.10 Å². The first-order valence-corrected chi connectivity index (χ1v) is 12.4. The highest BCUT2D eigenvalue weighted by Gasteiger charge is 2.33. The summed E-state index contributed by atoms with van der Waals surface area (Å²) in [5.74, 6) is 3.06. The molecule has 5 nitrogen and oxygen atoms in total. The lowest BCUT2D eigenvalue weighted by atomic mass is 9.80. The van der Waals surface area contributed by atoms with Crippen LogP contribution in [0.15, 0.2) is 18.2 Å². The van der Waals surface area contributed by atoms with Gasteiger partial charge >= 0.3 is 0 Å². The Morgan fingerprint density at radius 2 is 1.68 bits per heavy atom. The summed E-state index contributed by atoms with van der Waals surface area (Å²) in [4.78, 5) is 17.8. The number of piperidine rings is 1. The number of hydrogen-bond acceptors (Lipinski definition) is 4. The van der Waals surface area contributed by atoms with Crippen molar-refractivity contribution in [2.24, 2.45) is 11.8 Å². The number of amides is 1. The van der Waals surface area contributed by atoms with Gasteiger partial charge in [0.15, 0.2) is 11.5 Å². The van der Waals surface area contributed by atoms with Gasteiger partial charge < -0.3 is 19.3 Å². The molecular weight excluding hydrogens is 388 g/mol. The van der Waals surface area contributed by atoms with E-state index >= 15 is 0 Å². The Morgan fingerprint density at radius 1 is 0.935 bits per heavy atom. The predicted molar refractivity (Wildman–Crippen MR) is 124 cm³/mol. The van der Waals surface area contributed by atoms with Crippen molar-refractivity contribution in [3.05, 3.63) is 23.8 Å². The molecule has 1 aliphatic carbocycles. The fourth-order valence-electron chi connectivity index (χ4n) is 5.74. The molecule has 0 bridgehead atoms. The van der Waals surface area contributed by atoms with Crippen LogP contribution in [0.25, 0.3) is 0 Å². The Morgan fingerprint density at radius 3 is 2.35 bits per heavy atom. The number of carbonyl (C=O) groups excluding carboxylic acids is 1. The number of ether oxygens (including phenoxy) is 2. The van der Waals surface area contributed by atoms with Crippen LogP contribution < -0.4 is 9.47 Å². The van der Waals surface area contributed by atoms with Gasteiger partial charge in [-0.1, -0.05) is 32.1 Å². The first kappa shape index (κ1) is 22.4. The third-order valence-electron chi connectivity index (χ3n) is 7.74. The van der Waals surface area contributed by atoms with Crippen LogP contribution in [0.2, 0.25) is 0 Å². The Bertz CT molecular complexity index is 736. The Hall–Kier alpha value is -1.75. The van der Waals surface area contributed by atoms with Gasteiger partial charge in [-0.2, -0.15) is 0 Å². The van der Waals surface area contributed by atoms with Gasteiger partial charge in [-0.05, 0) is 63.1 Å². The second kappa shape index (κ2) is 10.2. The summed E-state index contributed by atoms with van der Waals surface area (Å²) in [5, 5.41) is 0. The lowest BCUT2D eigenvalue weighted by molar-refractivity contribution is 0.0768. The zero-order valence-electron chi connectivity index (χ0n) is 19.6. The third kappa shape index (κ3) is 5.36. The smallest absolute Gasteiger partial charge is 0.254 e. The topological polar surface area (TPSA) is 42.0 Å². The highest BCUT2D eigenvalue weighted by Crippen LogP contribution is 2.36. The van der Waals surface area contributed by atoms with Gasteiger partial charge in [0, 0.05) is 37.8 Å². The Balaban J connectivity index is 1.39. The minimum atomic E-state index is 0.139. The van der Waals surface area contributed by atoms with Crippen LogP contribution in [0.3, 0.4) is 0 Å². The number of rotatable bonds is 6. The zero-order valence-corrected chi connectivity index (χ0v) is 19.6. The van der Waals surface area contributed by atoms with Crippen molar-refractivity contribution in [2.45, 2.75) is 77.4 Å². The van der Waals surface area contributed by atoms with Crippen molar-refractivity contribution < 1.29 is 14.3 Å². The molecule has 4 rings (SSSR count). The number of hydrogen-bond donors (Lipinski definition) is 0. The van der Waals surface area contributed by atoms with Gasteiger partial charge in [-0.15, -0.1) is 0 Å². The van der Waals surface area contributed by atoms with Crippen molar-refractivity contribution >= 4 is 5.91 Å². The third-order valence-corrected chi connectivity index (χ3v) is 7.74. The fourth-order valence-corrected chi connectivity index (χ4v) is 5.74. The molecule has 1 aromatic rings. The number of benzene rings is 1. The lowest BCUT2D eigenvalue weighted by Gasteiger charge is -2.34. The summed E-state index contributed by atoms with van der Waals surface area (Å²) < 4.78 is 11.9. The molecule has 1 amide bonds. The standard InChI is InChI=1S/C26H40N2O3/c1-19(2)27-15-12-23(13-16-27)31-25-17-21(9-10-24(25)30-3)26(29)28-14-11-22(18-28)20-7-5-4-6-8-20/h9-10,17,19-20,22-23H,4-8,11-16,18H2,1-3H3. The van der Waals surface area contributed by atoms with E-state index < -0.39 is 0 Å². The van der Waals surface area contributed by atoms with E-state index in [4.69, 9.17) is 9.47 Å². The summed E-state index contributed by atoms with van der Waals surface area (Å²) in [5.41, 5.74) is 0.722. The summed E-state index contributed by atoms with van der Waals surface area (Å²) >= 11 is 0. The van der Waals surface area contributed by atoms with Gasteiger partial charge in [0.05, 0.1) is 7.11 Å². The molecule has 172 valence electrons. The maximum absolute atomic E-state index is 13.3. The maximum Gasteiger partial charge on any atom is 0.254 e. The SMILES string of the molecule is COc1ccc(C(=O)N2CCC(C3CCCCC3)C2)cc1OC1CCN(C(C)C)CC1. The highest BCUT2D eigenvalue weighted by molar-refractivity contribution is 5.95. The molecule has 2 heterocycles. The van der Waals surface area contributed by atoms with Gasteiger partial charge in [-0.3, -0.25) is 4.79 Å². The van der Waals surface area contributed by atoms with E-state index in [1.54, 1.807) is 7.11 Å². The molecule has 2 saturated heterocycles. The number of likely N-dealkylation sites (tertiary alicyclic amines) is 2. The van der Waals surface area contributed by atoms with E-state index in [1.165, 1.54) is 32.1 Å². The average molecular weight is 429 g/mol. The molecule has 3 aliphatic rings. The normalized spacial score (nSPS) is 24.0. The minimum Gasteiger partial charge on any atom is -0.493 e. The molecule has 31 heavy (non-hydrogen) atoms. The Labute approximate surface area is 188 Å². The van der Waals surface area contributed by atoms with Crippen LogP contribution in [0.5, 0.6) is 11.5 Å². The minimum absolute atomic E-state index is 0.139. The van der Waals surface area contributed by atoms with Crippen LogP contribution in [0, 0.1) is 11.8 Å². The van der Waals surface area contributed by atoms with Gasteiger partial charge in [0.25, 0.3) is 5.91 Å². The van der Waals surface area contributed by atoms with E-state index in [0.717, 1.165) is 56.9 Å². The van der Waals surface area contributed by atoms with Crippen molar-refractivity contribution in [2.75, 3.05) is 33.3 Å². The molecule has 0 spiro atoms. The van der Waals surface area contributed by atoms with Crippen molar-refractivity contribution in [3.8, 4) is 11.5 Å². The van der Waals surface area contributed by atoms with Crippen LogP contribution >= 0.6 is 0 Å². The molecule has 1 saturated carbocycles. The molecule has 2 aliphatic heterocycles. The van der Waals surface area contributed by atoms with Crippen LogP contribution in [0.4, 0.5) is 0 Å². The summed E-state index contributed by atoms with van der Waals surface area (Å²) in [6, 6.07) is 6.27. The van der Waals surface area contributed by atoms with Gasteiger partial charge in [0.2, 0.25) is 0 Å². The molecule has 0 radical (unpaired) electrons. The summed E-state index contributed by atoms with van der Waals surface area (Å²) in [6.45, 7) is 8.40. The molecule has 3 fully saturated rings. The van der Waals surface area contributed by atoms with Crippen LogP contribution in [-0.4, -0.2) is 61.1 Å². The highest BCUT2D eigenvalue weighted by atomic mass is 16.5. The lowest BCUT2D eigenvalue weighted by Crippen LogP contribution is -2.41. The molecule has 0 N–H and O–H groups in total. The molecule has 1 aromatic carbocycles. The number of nitrogens with zero attached hydrogens (tertiary/aromatic N) is 2. The fraction of sp³-hybridized carbons (Fsp3) is 0.731. The second-order valence-electron chi connectivity index (χ2n) is 10.0. The monoisotopic (exact) mass is 428 g/mol.